The molecule has 0 atom stereocenters. The molecule has 2 saturated heterocycles. The van der Waals surface area contributed by atoms with Crippen LogP contribution in [0.25, 0.3) is 0 Å². The molecule has 0 bridgehead atoms. The summed E-state index contributed by atoms with van der Waals surface area (Å²) >= 11 is 0. The van der Waals surface area contributed by atoms with E-state index in [0.717, 1.165) is 25.7 Å². The molecule has 0 aromatic heterocycles. The molecule has 0 aromatic carbocycles. The molecule has 5 heteroatoms. The van der Waals surface area contributed by atoms with E-state index in [1.165, 1.54) is 45.2 Å². The zero-order valence-corrected chi connectivity index (χ0v) is 15.1. The van der Waals surface area contributed by atoms with Crippen LogP contribution in [0.5, 0.6) is 0 Å². The van der Waals surface area contributed by atoms with Crippen molar-refractivity contribution in [3.05, 3.63) is 0 Å². The van der Waals surface area contributed by atoms with Gasteiger partial charge in [0, 0.05) is 32.1 Å². The summed E-state index contributed by atoms with van der Waals surface area (Å²) in [5.41, 5.74) is 0.918. The van der Waals surface area contributed by atoms with Gasteiger partial charge in [-0.15, -0.1) is 24.0 Å². The Morgan fingerprint density at radius 3 is 2.50 bits per heavy atom. The first kappa shape index (κ1) is 16.3. The van der Waals surface area contributed by atoms with E-state index in [9.17, 15) is 0 Å². The van der Waals surface area contributed by atoms with Gasteiger partial charge < -0.3 is 15.0 Å². The number of rotatable bonds is 2. The Morgan fingerprint density at radius 1 is 1.25 bits per heavy atom. The van der Waals surface area contributed by atoms with E-state index in [4.69, 9.17) is 4.74 Å². The maximum Gasteiger partial charge on any atom is 0.193 e. The van der Waals surface area contributed by atoms with Gasteiger partial charge in [0.05, 0.1) is 13.2 Å². The predicted octanol–water partition coefficient (Wildman–Crippen LogP) is 2.48. The van der Waals surface area contributed by atoms with Crippen molar-refractivity contribution < 1.29 is 4.74 Å². The second kappa shape index (κ2) is 6.38. The number of ether oxygens (including phenoxy) is 1. The molecular formula is C15H28IN3O. The van der Waals surface area contributed by atoms with E-state index in [1.54, 1.807) is 0 Å². The number of guanidine groups is 1. The van der Waals surface area contributed by atoms with Crippen LogP contribution in [0.15, 0.2) is 4.99 Å². The molecule has 3 aliphatic rings. The number of hydrogen-bond donors (Lipinski definition) is 1. The summed E-state index contributed by atoms with van der Waals surface area (Å²) in [5, 5.41) is 3.56. The first-order valence-electron chi connectivity index (χ1n) is 7.68. The molecule has 1 spiro atoms. The Balaban J connectivity index is 0.00000147. The highest BCUT2D eigenvalue weighted by molar-refractivity contribution is 14.0. The van der Waals surface area contributed by atoms with E-state index in [2.05, 4.69) is 22.1 Å². The molecule has 116 valence electrons. The van der Waals surface area contributed by atoms with Gasteiger partial charge in [-0.25, -0.2) is 0 Å². The van der Waals surface area contributed by atoms with Crippen molar-refractivity contribution in [1.82, 2.24) is 10.2 Å². The summed E-state index contributed by atoms with van der Waals surface area (Å²) < 4.78 is 5.31. The lowest BCUT2D eigenvalue weighted by Crippen LogP contribution is -2.51. The van der Waals surface area contributed by atoms with Crippen LogP contribution in [0.1, 0.15) is 39.0 Å². The largest absolute Gasteiger partial charge is 0.380 e. The Labute approximate surface area is 139 Å². The molecule has 0 unspecified atom stereocenters. The fraction of sp³-hybridized carbons (Fsp3) is 0.933. The Kier molecular flexibility index (Phi) is 5.21. The third-order valence-electron chi connectivity index (χ3n) is 5.19. The summed E-state index contributed by atoms with van der Waals surface area (Å²) in [6.45, 7) is 7.39. The van der Waals surface area contributed by atoms with Crippen molar-refractivity contribution in [3.63, 3.8) is 0 Å². The molecule has 3 fully saturated rings. The Morgan fingerprint density at radius 2 is 1.95 bits per heavy atom. The molecular weight excluding hydrogens is 365 g/mol. The Hall–Kier alpha value is -0.0400. The van der Waals surface area contributed by atoms with Gasteiger partial charge in [0.1, 0.15) is 0 Å². The second-order valence-electron chi connectivity index (χ2n) is 7.08. The second-order valence-corrected chi connectivity index (χ2v) is 7.08. The summed E-state index contributed by atoms with van der Waals surface area (Å²) in [6, 6.07) is 0. The van der Waals surface area contributed by atoms with Gasteiger partial charge in [-0.05, 0) is 24.7 Å². The van der Waals surface area contributed by atoms with Crippen molar-refractivity contribution in [1.29, 1.82) is 0 Å². The molecule has 1 aliphatic carbocycles. The average molecular weight is 393 g/mol. The van der Waals surface area contributed by atoms with Crippen molar-refractivity contribution in [2.24, 2.45) is 15.8 Å². The molecule has 0 aromatic rings. The van der Waals surface area contributed by atoms with Gasteiger partial charge in [-0.3, -0.25) is 4.99 Å². The lowest BCUT2D eigenvalue weighted by Gasteiger charge is -2.39. The number of halogens is 1. The summed E-state index contributed by atoms with van der Waals surface area (Å²) in [6.07, 6.45) is 7.05. The van der Waals surface area contributed by atoms with Gasteiger partial charge >= 0.3 is 0 Å². The van der Waals surface area contributed by atoms with Crippen molar-refractivity contribution in [2.45, 2.75) is 39.0 Å². The smallest absolute Gasteiger partial charge is 0.193 e. The monoisotopic (exact) mass is 393 g/mol. The lowest BCUT2D eigenvalue weighted by atomic mass is 9.86. The number of likely N-dealkylation sites (tertiary alicyclic amines) is 1. The van der Waals surface area contributed by atoms with E-state index < -0.39 is 0 Å². The third kappa shape index (κ3) is 3.24. The summed E-state index contributed by atoms with van der Waals surface area (Å²) in [4.78, 5) is 6.94. The van der Waals surface area contributed by atoms with E-state index in [1.807, 2.05) is 7.05 Å². The highest BCUT2D eigenvalue weighted by Gasteiger charge is 2.41. The number of aliphatic imine (C=N–C) groups is 1. The van der Waals surface area contributed by atoms with Crippen LogP contribution in [-0.2, 0) is 4.74 Å². The van der Waals surface area contributed by atoms with Gasteiger partial charge in [-0.1, -0.05) is 19.8 Å². The zero-order chi connectivity index (χ0) is 13.3. The molecule has 1 saturated carbocycles. The molecule has 4 nitrogen and oxygen atoms in total. The average Bonchev–Trinajstić information content (AvgIpc) is 2.99. The van der Waals surface area contributed by atoms with Crippen LogP contribution in [0.3, 0.4) is 0 Å². The maximum atomic E-state index is 5.31. The lowest BCUT2D eigenvalue weighted by molar-refractivity contribution is -0.0972. The maximum absolute atomic E-state index is 5.31. The minimum Gasteiger partial charge on any atom is -0.380 e. The number of nitrogens with one attached hydrogen (secondary N) is 1. The normalized spacial score (nSPS) is 27.3. The van der Waals surface area contributed by atoms with E-state index >= 15 is 0 Å². The fourth-order valence-corrected chi connectivity index (χ4v) is 3.83. The Bertz CT molecular complexity index is 362. The van der Waals surface area contributed by atoms with Crippen LogP contribution >= 0.6 is 24.0 Å². The minimum absolute atomic E-state index is 0. The van der Waals surface area contributed by atoms with Gasteiger partial charge in [-0.2, -0.15) is 0 Å². The highest BCUT2D eigenvalue weighted by Crippen LogP contribution is 2.45. The van der Waals surface area contributed by atoms with Gasteiger partial charge in [0.25, 0.3) is 0 Å². The molecule has 3 rings (SSSR count). The molecule has 0 amide bonds. The number of hydrogen-bond acceptors (Lipinski definition) is 2. The molecule has 2 heterocycles. The molecule has 20 heavy (non-hydrogen) atoms. The SMILES string of the molecule is CN=C(NCC1(C)COC1)N1CCC2(CCCC2)C1.I. The zero-order valence-electron chi connectivity index (χ0n) is 12.8. The minimum atomic E-state index is 0. The van der Waals surface area contributed by atoms with E-state index in [0.29, 0.717) is 10.8 Å². The quantitative estimate of drug-likeness (QED) is 0.445. The van der Waals surface area contributed by atoms with Crippen molar-refractivity contribution >= 4 is 29.9 Å². The fourth-order valence-electron chi connectivity index (χ4n) is 3.83. The summed E-state index contributed by atoms with van der Waals surface area (Å²) in [5.74, 6) is 1.09. The van der Waals surface area contributed by atoms with Crippen LogP contribution in [0.4, 0.5) is 0 Å². The van der Waals surface area contributed by atoms with Gasteiger partial charge in [0.15, 0.2) is 5.96 Å². The molecule has 2 aliphatic heterocycles. The van der Waals surface area contributed by atoms with Crippen LogP contribution in [0, 0.1) is 10.8 Å². The topological polar surface area (TPSA) is 36.9 Å². The highest BCUT2D eigenvalue weighted by atomic mass is 127. The molecule has 1 N–H and O–H groups in total. The van der Waals surface area contributed by atoms with Crippen molar-refractivity contribution in [3.8, 4) is 0 Å². The third-order valence-corrected chi connectivity index (χ3v) is 5.19. The van der Waals surface area contributed by atoms with Crippen LogP contribution in [0.2, 0.25) is 0 Å². The number of nitrogens with zero attached hydrogens (tertiary/aromatic N) is 2. The van der Waals surface area contributed by atoms with Crippen molar-refractivity contribution in [2.75, 3.05) is 39.9 Å². The first-order valence-corrected chi connectivity index (χ1v) is 7.68. The van der Waals surface area contributed by atoms with Crippen LogP contribution in [-0.4, -0.2) is 50.8 Å². The van der Waals surface area contributed by atoms with Crippen LogP contribution < -0.4 is 5.32 Å². The molecule has 0 radical (unpaired) electrons. The standard InChI is InChI=1S/C15H27N3O.HI/c1-14(11-19-12-14)9-17-13(16-2)18-8-7-15(10-18)5-3-4-6-15;/h3-12H2,1-2H3,(H,16,17);1H. The first-order chi connectivity index (χ1) is 9.15. The summed E-state index contributed by atoms with van der Waals surface area (Å²) in [7, 11) is 1.90. The predicted molar refractivity (Wildman–Crippen MR) is 92.8 cm³/mol. The van der Waals surface area contributed by atoms with E-state index in [-0.39, 0.29) is 24.0 Å². The van der Waals surface area contributed by atoms with Gasteiger partial charge in [0.2, 0.25) is 0 Å².